The summed E-state index contributed by atoms with van der Waals surface area (Å²) < 4.78 is 11.8. The summed E-state index contributed by atoms with van der Waals surface area (Å²) in [4.78, 5) is 4.30. The minimum atomic E-state index is 0.249. The number of halogens is 1. The number of aryl methyl sites for hydroxylation is 1. The second-order valence-corrected chi connectivity index (χ2v) is 5.88. The molecule has 0 fully saturated rings. The summed E-state index contributed by atoms with van der Waals surface area (Å²) in [7, 11) is 0. The first-order valence-electron chi connectivity index (χ1n) is 5.96. The van der Waals surface area contributed by atoms with E-state index in [9.17, 15) is 0 Å². The molecule has 0 bridgehead atoms. The quantitative estimate of drug-likeness (QED) is 0.697. The predicted molar refractivity (Wildman–Crippen MR) is 80.8 cm³/mol. The van der Waals surface area contributed by atoms with E-state index in [0.717, 1.165) is 15.8 Å². The van der Waals surface area contributed by atoms with Crippen LogP contribution < -0.4 is 4.74 Å². The number of thiophene rings is 1. The molecule has 3 rings (SSSR count). The highest BCUT2D eigenvalue weighted by atomic mass is 79.9. The van der Waals surface area contributed by atoms with Crippen molar-refractivity contribution in [1.82, 2.24) is 10.1 Å². The number of hydrogen-bond donors (Lipinski definition) is 0. The Labute approximate surface area is 128 Å². The van der Waals surface area contributed by atoms with E-state index in [1.165, 1.54) is 5.56 Å². The van der Waals surface area contributed by atoms with Crippen molar-refractivity contribution in [3.63, 3.8) is 0 Å². The summed E-state index contributed by atoms with van der Waals surface area (Å²) in [5.74, 6) is 1.80. The maximum absolute atomic E-state index is 5.67. The Morgan fingerprint density at radius 3 is 3.00 bits per heavy atom. The van der Waals surface area contributed by atoms with Crippen LogP contribution in [0.2, 0.25) is 0 Å². The number of nitrogens with zero attached hydrogens (tertiary/aromatic N) is 2. The van der Waals surface area contributed by atoms with Crippen molar-refractivity contribution in [2.75, 3.05) is 0 Å². The molecule has 0 saturated carbocycles. The fraction of sp³-hybridized carbons (Fsp3) is 0.143. The third-order valence-electron chi connectivity index (χ3n) is 2.69. The Morgan fingerprint density at radius 1 is 1.35 bits per heavy atom. The van der Waals surface area contributed by atoms with Gasteiger partial charge in [-0.3, -0.25) is 0 Å². The number of hydrogen-bond acceptors (Lipinski definition) is 5. The zero-order chi connectivity index (χ0) is 13.9. The summed E-state index contributed by atoms with van der Waals surface area (Å²) >= 11 is 5.07. The lowest BCUT2D eigenvalue weighted by atomic mass is 10.2. The molecule has 20 heavy (non-hydrogen) atoms. The Hall–Kier alpha value is -1.66. The second kappa shape index (κ2) is 5.76. The third kappa shape index (κ3) is 2.91. The molecular formula is C14H11BrN2O2S. The van der Waals surface area contributed by atoms with Crippen molar-refractivity contribution < 1.29 is 9.26 Å². The number of ether oxygens (including phenoxy) is 1. The minimum Gasteiger partial charge on any atom is -0.483 e. The Morgan fingerprint density at radius 2 is 2.25 bits per heavy atom. The van der Waals surface area contributed by atoms with Gasteiger partial charge in [-0.15, -0.1) is 0 Å². The first-order valence-corrected chi connectivity index (χ1v) is 7.70. The number of benzene rings is 1. The molecule has 0 spiro atoms. The standard InChI is InChI=1S/C14H11BrN2O2S/c1-9-2-3-12(11(15)6-9)18-7-13-16-14(17-19-13)10-4-5-20-8-10/h2-6,8H,7H2,1H3. The molecule has 0 saturated heterocycles. The summed E-state index contributed by atoms with van der Waals surface area (Å²) in [6.45, 7) is 2.28. The van der Waals surface area contributed by atoms with E-state index in [0.29, 0.717) is 11.7 Å². The first kappa shape index (κ1) is 13.3. The van der Waals surface area contributed by atoms with Gasteiger partial charge in [-0.25, -0.2) is 0 Å². The number of rotatable bonds is 4. The van der Waals surface area contributed by atoms with E-state index in [1.54, 1.807) is 11.3 Å². The van der Waals surface area contributed by atoms with Crippen LogP contribution >= 0.6 is 27.3 Å². The molecule has 0 amide bonds. The lowest BCUT2D eigenvalue weighted by Gasteiger charge is -2.06. The van der Waals surface area contributed by atoms with Crippen LogP contribution in [0.15, 0.2) is 44.0 Å². The van der Waals surface area contributed by atoms with Crippen molar-refractivity contribution in [3.8, 4) is 17.1 Å². The largest absolute Gasteiger partial charge is 0.483 e. The van der Waals surface area contributed by atoms with Crippen LogP contribution in [0.25, 0.3) is 11.4 Å². The summed E-state index contributed by atoms with van der Waals surface area (Å²) in [6.07, 6.45) is 0. The van der Waals surface area contributed by atoms with Crippen molar-refractivity contribution in [3.05, 3.63) is 51.0 Å². The topological polar surface area (TPSA) is 48.2 Å². The van der Waals surface area contributed by atoms with Gasteiger partial charge in [0, 0.05) is 10.9 Å². The summed E-state index contributed by atoms with van der Waals surface area (Å²) in [5, 5.41) is 7.89. The van der Waals surface area contributed by atoms with Crippen LogP contribution in [0.3, 0.4) is 0 Å². The van der Waals surface area contributed by atoms with Crippen LogP contribution in [-0.4, -0.2) is 10.1 Å². The fourth-order valence-corrected chi connectivity index (χ4v) is 2.93. The number of aromatic nitrogens is 2. The van der Waals surface area contributed by atoms with Crippen molar-refractivity contribution in [2.45, 2.75) is 13.5 Å². The molecule has 4 nitrogen and oxygen atoms in total. The molecule has 102 valence electrons. The molecule has 0 aliphatic heterocycles. The zero-order valence-corrected chi connectivity index (χ0v) is 13.1. The minimum absolute atomic E-state index is 0.249. The van der Waals surface area contributed by atoms with Crippen molar-refractivity contribution >= 4 is 27.3 Å². The molecule has 1 aromatic carbocycles. The lowest BCUT2D eigenvalue weighted by Crippen LogP contribution is -1.96. The van der Waals surface area contributed by atoms with Gasteiger partial charge in [0.15, 0.2) is 6.61 Å². The summed E-state index contributed by atoms with van der Waals surface area (Å²) in [5.41, 5.74) is 2.13. The van der Waals surface area contributed by atoms with E-state index in [2.05, 4.69) is 26.1 Å². The smallest absolute Gasteiger partial charge is 0.264 e. The van der Waals surface area contributed by atoms with Gasteiger partial charge in [-0.1, -0.05) is 11.2 Å². The monoisotopic (exact) mass is 350 g/mol. The zero-order valence-electron chi connectivity index (χ0n) is 10.7. The highest BCUT2D eigenvalue weighted by molar-refractivity contribution is 9.10. The van der Waals surface area contributed by atoms with Gasteiger partial charge in [0.25, 0.3) is 5.89 Å². The fourth-order valence-electron chi connectivity index (χ4n) is 1.68. The van der Waals surface area contributed by atoms with Gasteiger partial charge in [0.2, 0.25) is 5.82 Å². The molecule has 0 atom stereocenters. The third-order valence-corrected chi connectivity index (χ3v) is 3.99. The van der Waals surface area contributed by atoms with Crippen LogP contribution in [0.4, 0.5) is 0 Å². The maximum atomic E-state index is 5.67. The molecular weight excluding hydrogens is 340 g/mol. The van der Waals surface area contributed by atoms with E-state index in [4.69, 9.17) is 9.26 Å². The predicted octanol–water partition coefficient (Wildman–Crippen LogP) is 4.45. The molecule has 0 aliphatic rings. The van der Waals surface area contributed by atoms with E-state index < -0.39 is 0 Å². The SMILES string of the molecule is Cc1ccc(OCc2nc(-c3ccsc3)no2)c(Br)c1. The van der Waals surface area contributed by atoms with Gasteiger partial charge >= 0.3 is 0 Å². The molecule has 2 heterocycles. The van der Waals surface area contributed by atoms with E-state index >= 15 is 0 Å². The molecule has 6 heteroatoms. The van der Waals surface area contributed by atoms with Gasteiger partial charge in [-0.05, 0) is 52.0 Å². The highest BCUT2D eigenvalue weighted by Gasteiger charge is 2.10. The van der Waals surface area contributed by atoms with Crippen LogP contribution in [0, 0.1) is 6.92 Å². The lowest BCUT2D eigenvalue weighted by molar-refractivity contribution is 0.242. The van der Waals surface area contributed by atoms with Crippen molar-refractivity contribution in [1.29, 1.82) is 0 Å². The maximum Gasteiger partial charge on any atom is 0.264 e. The van der Waals surface area contributed by atoms with Crippen LogP contribution in [-0.2, 0) is 6.61 Å². The van der Waals surface area contributed by atoms with Gasteiger partial charge < -0.3 is 9.26 Å². The molecule has 3 aromatic rings. The molecule has 0 N–H and O–H groups in total. The highest BCUT2D eigenvalue weighted by Crippen LogP contribution is 2.26. The van der Waals surface area contributed by atoms with Gasteiger partial charge in [-0.2, -0.15) is 16.3 Å². The Bertz CT molecular complexity index is 710. The van der Waals surface area contributed by atoms with Crippen LogP contribution in [0.5, 0.6) is 5.75 Å². The Balaban J connectivity index is 1.70. The molecule has 0 aliphatic carbocycles. The summed E-state index contributed by atoms with van der Waals surface area (Å²) in [6, 6.07) is 7.86. The molecule has 2 aromatic heterocycles. The second-order valence-electron chi connectivity index (χ2n) is 4.25. The van der Waals surface area contributed by atoms with Gasteiger partial charge in [0.1, 0.15) is 5.75 Å². The Kier molecular flexibility index (Phi) is 3.84. The van der Waals surface area contributed by atoms with E-state index in [1.807, 2.05) is 41.9 Å². The molecule has 0 radical (unpaired) electrons. The van der Waals surface area contributed by atoms with E-state index in [-0.39, 0.29) is 6.61 Å². The first-order chi connectivity index (χ1) is 9.72. The average molecular weight is 351 g/mol. The normalized spacial score (nSPS) is 10.7. The van der Waals surface area contributed by atoms with Crippen molar-refractivity contribution in [2.24, 2.45) is 0 Å². The average Bonchev–Trinajstić information content (AvgIpc) is 3.08. The van der Waals surface area contributed by atoms with Gasteiger partial charge in [0.05, 0.1) is 4.47 Å². The molecule has 0 unspecified atom stereocenters. The van der Waals surface area contributed by atoms with Crippen LogP contribution in [0.1, 0.15) is 11.5 Å².